The van der Waals surface area contributed by atoms with E-state index in [1.807, 2.05) is 0 Å². The largest absolute Gasteiger partial charge is 0.391 e. The first-order chi connectivity index (χ1) is 10.4. The molecule has 1 fully saturated rings. The zero-order valence-electron chi connectivity index (χ0n) is 11.7. The molecule has 6 atom stereocenters. The van der Waals surface area contributed by atoms with Crippen LogP contribution in [0.25, 0.3) is 0 Å². The van der Waals surface area contributed by atoms with Crippen molar-refractivity contribution in [3.8, 4) is 0 Å². The molecule has 3 rings (SSSR count). The third-order valence-electron chi connectivity index (χ3n) is 3.96. The maximum absolute atomic E-state index is 14.4. The van der Waals surface area contributed by atoms with Crippen LogP contribution in [0.3, 0.4) is 0 Å². The summed E-state index contributed by atoms with van der Waals surface area (Å²) in [6.45, 7) is -0.713. The molecule has 3 aliphatic heterocycles. The van der Waals surface area contributed by atoms with Gasteiger partial charge in [0.15, 0.2) is 18.6 Å². The van der Waals surface area contributed by atoms with Crippen molar-refractivity contribution in [2.75, 3.05) is 13.7 Å². The second-order valence-corrected chi connectivity index (χ2v) is 5.17. The predicted molar refractivity (Wildman–Crippen MR) is 73.8 cm³/mol. The molecule has 6 N–H and O–H groups in total. The van der Waals surface area contributed by atoms with Gasteiger partial charge in [-0.2, -0.15) is 4.99 Å². The van der Waals surface area contributed by atoms with Gasteiger partial charge in [0.05, 0.1) is 6.34 Å². The van der Waals surface area contributed by atoms with E-state index >= 15 is 0 Å². The van der Waals surface area contributed by atoms with Gasteiger partial charge in [-0.15, -0.1) is 0 Å². The van der Waals surface area contributed by atoms with Crippen molar-refractivity contribution in [2.45, 2.75) is 36.5 Å². The van der Waals surface area contributed by atoms with E-state index in [9.17, 15) is 14.6 Å². The van der Waals surface area contributed by atoms with Crippen LogP contribution in [0.4, 0.5) is 4.39 Å². The average molecular weight is 316 g/mol. The number of nitrogens with two attached hydrogens (primary N) is 2. The first-order valence-electron chi connectivity index (χ1n) is 6.57. The number of aliphatic imine (C=N–C) groups is 3. The van der Waals surface area contributed by atoms with Crippen molar-refractivity contribution in [1.29, 1.82) is 0 Å². The Morgan fingerprint density at radius 3 is 2.86 bits per heavy atom. The summed E-state index contributed by atoms with van der Waals surface area (Å²) in [6.07, 6.45) is -4.19. The Balaban J connectivity index is 1.87. The number of aliphatic hydroxyl groups is 2. The van der Waals surface area contributed by atoms with Gasteiger partial charge in [-0.1, -0.05) is 0 Å². The summed E-state index contributed by atoms with van der Waals surface area (Å²) >= 11 is 0. The highest BCUT2D eigenvalue weighted by atomic mass is 19.1. The molecule has 2 unspecified atom stereocenters. The van der Waals surface area contributed by atoms with Crippen LogP contribution < -0.4 is 11.5 Å². The number of hydrogen-bond acceptors (Lipinski definition) is 10. The molecule has 3 aliphatic rings. The van der Waals surface area contributed by atoms with Crippen molar-refractivity contribution in [1.82, 2.24) is 4.90 Å². The lowest BCUT2D eigenvalue weighted by molar-refractivity contribution is -0.271. The van der Waals surface area contributed by atoms with Crippen molar-refractivity contribution in [3.63, 3.8) is 0 Å². The monoisotopic (exact) mass is 316 g/mol. The lowest BCUT2D eigenvalue weighted by Gasteiger charge is -2.32. The van der Waals surface area contributed by atoms with Gasteiger partial charge in [-0.25, -0.2) is 9.38 Å². The van der Waals surface area contributed by atoms with E-state index in [1.165, 1.54) is 18.3 Å². The number of hydrogen-bond donors (Lipinski definition) is 4. The summed E-state index contributed by atoms with van der Waals surface area (Å²) < 4.78 is 24.8. The molecule has 0 aromatic rings. The minimum atomic E-state index is -1.85. The number of guanidine groups is 1. The van der Waals surface area contributed by atoms with Crippen LogP contribution in [-0.4, -0.2) is 83.5 Å². The predicted octanol–water partition coefficient (Wildman–Crippen LogP) is -2.90. The second-order valence-electron chi connectivity index (χ2n) is 5.17. The summed E-state index contributed by atoms with van der Waals surface area (Å²) in [6, 6.07) is -0.605. The molecule has 0 amide bonds. The molecule has 1 saturated heterocycles. The van der Waals surface area contributed by atoms with Gasteiger partial charge in [0.25, 0.3) is 0 Å². The highest BCUT2D eigenvalue weighted by Crippen LogP contribution is 2.37. The highest BCUT2D eigenvalue weighted by Gasteiger charge is 2.59. The third-order valence-corrected chi connectivity index (χ3v) is 3.96. The van der Waals surface area contributed by atoms with Crippen molar-refractivity contribution in [3.05, 3.63) is 0 Å². The molecule has 3 heterocycles. The zero-order valence-corrected chi connectivity index (χ0v) is 11.7. The van der Waals surface area contributed by atoms with Gasteiger partial charge >= 0.3 is 0 Å². The van der Waals surface area contributed by atoms with Crippen molar-refractivity contribution in [2.24, 2.45) is 26.4 Å². The summed E-state index contributed by atoms with van der Waals surface area (Å²) in [5.74, 6) is -1.74. The van der Waals surface area contributed by atoms with Crippen LogP contribution in [0, 0.1) is 0 Å². The Hall–Kier alpha value is -1.82. The van der Waals surface area contributed by atoms with Gasteiger partial charge in [0.2, 0.25) is 11.7 Å². The SMILES string of the molecule is CO[C@]1(CO)O[C@@H](N2C=NC3C(N)=NC(N)=NC32)[C@H](F)[C@@H]1O. The quantitative estimate of drug-likeness (QED) is 0.436. The van der Waals surface area contributed by atoms with Gasteiger partial charge in [-0.05, 0) is 0 Å². The molecule has 0 aromatic carbocycles. The Morgan fingerprint density at radius 2 is 2.27 bits per heavy atom. The third kappa shape index (κ3) is 1.97. The molecular weight excluding hydrogens is 299 g/mol. The fourth-order valence-corrected chi connectivity index (χ4v) is 2.73. The molecular formula is C11H17FN6O4. The Morgan fingerprint density at radius 1 is 1.55 bits per heavy atom. The first-order valence-corrected chi connectivity index (χ1v) is 6.57. The zero-order chi connectivity index (χ0) is 16.1. The summed E-state index contributed by atoms with van der Waals surface area (Å²) in [7, 11) is 1.21. The van der Waals surface area contributed by atoms with Gasteiger partial charge in [0, 0.05) is 7.11 Å². The van der Waals surface area contributed by atoms with Crippen LogP contribution >= 0.6 is 0 Å². The number of rotatable bonds is 3. The highest BCUT2D eigenvalue weighted by molar-refractivity contribution is 6.01. The summed E-state index contributed by atoms with van der Waals surface area (Å²) in [5, 5.41) is 19.3. The fraction of sp³-hybridized carbons (Fsp3) is 0.727. The van der Waals surface area contributed by atoms with Crippen LogP contribution in [0.15, 0.2) is 15.0 Å². The van der Waals surface area contributed by atoms with E-state index < -0.39 is 43.1 Å². The van der Waals surface area contributed by atoms with Gasteiger partial charge in [0.1, 0.15) is 24.6 Å². The molecule has 22 heavy (non-hydrogen) atoms. The lowest BCUT2D eigenvalue weighted by atomic mass is 10.1. The molecule has 0 spiro atoms. The average Bonchev–Trinajstić information content (AvgIpc) is 3.01. The van der Waals surface area contributed by atoms with E-state index in [-0.39, 0.29) is 11.8 Å². The van der Waals surface area contributed by atoms with E-state index in [4.69, 9.17) is 20.9 Å². The number of amidine groups is 1. The van der Waals surface area contributed by atoms with Crippen molar-refractivity contribution < 1.29 is 24.1 Å². The molecule has 0 saturated carbocycles. The smallest absolute Gasteiger partial charge is 0.223 e. The molecule has 0 radical (unpaired) electrons. The number of fused-ring (bicyclic) bond motifs is 1. The Kier molecular flexibility index (Phi) is 3.51. The minimum absolute atomic E-state index is 0.0524. The standard InChI is InChI=1S/C11H17FN6O4/c1-21-11(2-19)6(20)4(12)9(22-11)18-3-15-5-7(13)16-10(14)17-8(5)18/h3-6,8-9,19-20H,2H2,1H3,(H4,13,14,16,17)/t4-,5?,6+,8?,9-,11-/m1/s1. The first kappa shape index (κ1) is 15.1. The number of halogens is 1. The van der Waals surface area contributed by atoms with Gasteiger partial charge < -0.3 is 36.1 Å². The maximum atomic E-state index is 14.4. The second kappa shape index (κ2) is 5.12. The van der Waals surface area contributed by atoms with Crippen LogP contribution in [0.2, 0.25) is 0 Å². The van der Waals surface area contributed by atoms with Crippen LogP contribution in [0.5, 0.6) is 0 Å². The molecule has 0 bridgehead atoms. The number of alkyl halides is 1. The van der Waals surface area contributed by atoms with Crippen LogP contribution in [-0.2, 0) is 9.47 Å². The Bertz CT molecular complexity index is 551. The summed E-state index contributed by atoms with van der Waals surface area (Å²) in [5.41, 5.74) is 11.3. The number of nitrogens with zero attached hydrogens (tertiary/aromatic N) is 4. The Labute approximate surface area is 124 Å². The number of aliphatic hydroxyl groups excluding tert-OH is 2. The molecule has 0 aromatic heterocycles. The van der Waals surface area contributed by atoms with E-state index in [2.05, 4.69) is 15.0 Å². The molecule has 10 nitrogen and oxygen atoms in total. The topological polar surface area (TPSA) is 151 Å². The number of methoxy groups -OCH3 is 1. The maximum Gasteiger partial charge on any atom is 0.223 e. The van der Waals surface area contributed by atoms with E-state index in [0.717, 1.165) is 0 Å². The van der Waals surface area contributed by atoms with Gasteiger partial charge in [-0.3, -0.25) is 4.99 Å². The summed E-state index contributed by atoms with van der Waals surface area (Å²) in [4.78, 5) is 13.3. The minimum Gasteiger partial charge on any atom is -0.391 e. The lowest BCUT2D eigenvalue weighted by Crippen LogP contribution is -2.51. The molecule has 0 aliphatic carbocycles. The normalized spacial score (nSPS) is 44.0. The van der Waals surface area contributed by atoms with Crippen molar-refractivity contribution >= 4 is 18.1 Å². The fourth-order valence-electron chi connectivity index (χ4n) is 2.73. The van der Waals surface area contributed by atoms with Crippen LogP contribution in [0.1, 0.15) is 0 Å². The number of ether oxygens (including phenoxy) is 2. The molecule has 11 heteroatoms. The van der Waals surface area contributed by atoms with E-state index in [0.29, 0.717) is 0 Å². The van der Waals surface area contributed by atoms with E-state index in [1.54, 1.807) is 0 Å². The molecule has 122 valence electrons.